The molecule has 0 spiro atoms. The maximum Gasteiger partial charge on any atom is 0.104 e. The van der Waals surface area contributed by atoms with E-state index in [0.717, 1.165) is 25.1 Å². The molecule has 0 amide bonds. The van der Waals surface area contributed by atoms with Crippen molar-refractivity contribution in [2.24, 2.45) is 0 Å². The van der Waals surface area contributed by atoms with Crippen LogP contribution >= 0.6 is 0 Å². The summed E-state index contributed by atoms with van der Waals surface area (Å²) in [4.78, 5) is 4.29. The summed E-state index contributed by atoms with van der Waals surface area (Å²) in [5, 5.41) is 12.7. The number of nitriles is 1. The van der Waals surface area contributed by atoms with Crippen LogP contribution in [0, 0.1) is 25.2 Å². The topological polar surface area (TPSA) is 53.6 Å². The largest absolute Gasteiger partial charge is 0.335 e. The van der Waals surface area contributed by atoms with Crippen molar-refractivity contribution >= 4 is 0 Å². The lowest BCUT2D eigenvalue weighted by Gasteiger charge is -2.23. The molecule has 18 heavy (non-hydrogen) atoms. The summed E-state index contributed by atoms with van der Waals surface area (Å²) in [7, 11) is 0. The number of nitrogens with one attached hydrogen (secondary N) is 1. The summed E-state index contributed by atoms with van der Waals surface area (Å²) < 4.78 is 2.17. The van der Waals surface area contributed by atoms with Crippen molar-refractivity contribution in [2.45, 2.75) is 64.6 Å². The lowest BCUT2D eigenvalue weighted by atomic mass is 9.97. The Labute approximate surface area is 109 Å². The molecule has 0 aromatic carbocycles. The number of rotatable bonds is 6. The van der Waals surface area contributed by atoms with Crippen LogP contribution in [-0.4, -0.2) is 21.1 Å². The molecule has 1 heterocycles. The van der Waals surface area contributed by atoms with Gasteiger partial charge in [-0.2, -0.15) is 5.26 Å². The summed E-state index contributed by atoms with van der Waals surface area (Å²) >= 11 is 0. The van der Waals surface area contributed by atoms with Crippen LogP contribution in [-0.2, 0) is 6.54 Å². The van der Waals surface area contributed by atoms with E-state index in [0.29, 0.717) is 6.04 Å². The second-order valence-electron chi connectivity index (χ2n) is 5.57. The van der Waals surface area contributed by atoms with Gasteiger partial charge in [-0.05, 0) is 46.5 Å². The maximum atomic E-state index is 9.29. The molecule has 1 saturated carbocycles. The van der Waals surface area contributed by atoms with Crippen LogP contribution in [0.25, 0.3) is 0 Å². The molecule has 0 bridgehead atoms. The number of aromatic nitrogens is 2. The van der Waals surface area contributed by atoms with E-state index in [4.69, 9.17) is 0 Å². The van der Waals surface area contributed by atoms with Gasteiger partial charge in [0.1, 0.15) is 5.54 Å². The second kappa shape index (κ2) is 5.11. The third-order valence-electron chi connectivity index (χ3n) is 3.77. The molecule has 1 aliphatic carbocycles. The standard InChI is InChI=1S/C14H22N4/c1-11-12(2)18(10-16-11)8-4-7-14(3,9-15)17-13-5-6-13/h10,13,17H,4-8H2,1-3H3. The van der Waals surface area contributed by atoms with E-state index in [1.807, 2.05) is 20.2 Å². The van der Waals surface area contributed by atoms with Gasteiger partial charge in [0.25, 0.3) is 0 Å². The first-order valence-electron chi connectivity index (χ1n) is 6.71. The van der Waals surface area contributed by atoms with Crippen LogP contribution in [0.4, 0.5) is 0 Å². The molecule has 0 radical (unpaired) electrons. The molecule has 1 fully saturated rings. The van der Waals surface area contributed by atoms with Crippen LogP contribution < -0.4 is 5.32 Å². The maximum absolute atomic E-state index is 9.29. The predicted molar refractivity (Wildman–Crippen MR) is 71.1 cm³/mol. The first kappa shape index (κ1) is 13.1. The van der Waals surface area contributed by atoms with E-state index in [9.17, 15) is 5.26 Å². The van der Waals surface area contributed by atoms with Gasteiger partial charge in [0, 0.05) is 18.3 Å². The van der Waals surface area contributed by atoms with E-state index in [1.165, 1.54) is 18.5 Å². The van der Waals surface area contributed by atoms with Crippen LogP contribution in [0.1, 0.15) is 44.0 Å². The third kappa shape index (κ3) is 3.11. The number of nitrogens with zero attached hydrogens (tertiary/aromatic N) is 3. The van der Waals surface area contributed by atoms with E-state index in [1.54, 1.807) is 0 Å². The number of hydrogen-bond acceptors (Lipinski definition) is 3. The fraction of sp³-hybridized carbons (Fsp3) is 0.714. The summed E-state index contributed by atoms with van der Waals surface area (Å²) in [6.45, 7) is 7.07. The Kier molecular flexibility index (Phi) is 3.72. The van der Waals surface area contributed by atoms with E-state index in [2.05, 4.69) is 27.9 Å². The molecule has 1 aromatic heterocycles. The van der Waals surface area contributed by atoms with Crippen molar-refractivity contribution in [3.05, 3.63) is 17.7 Å². The number of hydrogen-bond donors (Lipinski definition) is 1. The van der Waals surface area contributed by atoms with Crippen LogP contribution in [0.3, 0.4) is 0 Å². The number of imidazole rings is 1. The molecule has 0 saturated heterocycles. The lowest BCUT2D eigenvalue weighted by Crippen LogP contribution is -2.42. The molecule has 0 aliphatic heterocycles. The molecule has 1 aliphatic rings. The van der Waals surface area contributed by atoms with Crippen molar-refractivity contribution in [3.8, 4) is 6.07 Å². The Balaban J connectivity index is 1.83. The highest BCUT2D eigenvalue weighted by atomic mass is 15.1. The second-order valence-corrected chi connectivity index (χ2v) is 5.57. The summed E-state index contributed by atoms with van der Waals surface area (Å²) in [5.74, 6) is 0. The zero-order valence-electron chi connectivity index (χ0n) is 11.5. The van der Waals surface area contributed by atoms with Gasteiger partial charge in [-0.25, -0.2) is 4.98 Å². The summed E-state index contributed by atoms with van der Waals surface area (Å²) in [6.07, 6.45) is 6.22. The van der Waals surface area contributed by atoms with Gasteiger partial charge >= 0.3 is 0 Å². The molecular weight excluding hydrogens is 224 g/mol. The first-order chi connectivity index (χ1) is 8.54. The zero-order valence-corrected chi connectivity index (χ0v) is 11.5. The SMILES string of the molecule is Cc1ncn(CCCC(C)(C#N)NC2CC2)c1C. The van der Waals surface area contributed by atoms with Gasteiger partial charge in [-0.3, -0.25) is 5.32 Å². The molecule has 4 nitrogen and oxygen atoms in total. The Morgan fingerprint density at radius 3 is 2.78 bits per heavy atom. The van der Waals surface area contributed by atoms with Crippen molar-refractivity contribution < 1.29 is 0 Å². The molecule has 1 unspecified atom stereocenters. The Morgan fingerprint density at radius 2 is 2.28 bits per heavy atom. The molecular formula is C14H22N4. The highest BCUT2D eigenvalue weighted by molar-refractivity contribution is 5.09. The van der Waals surface area contributed by atoms with E-state index < -0.39 is 0 Å². The minimum absolute atomic E-state index is 0.370. The molecule has 1 N–H and O–H groups in total. The zero-order chi connectivity index (χ0) is 13.2. The van der Waals surface area contributed by atoms with Gasteiger partial charge < -0.3 is 4.57 Å². The lowest BCUT2D eigenvalue weighted by molar-refractivity contribution is 0.390. The van der Waals surface area contributed by atoms with Crippen LogP contribution in [0.2, 0.25) is 0 Å². The van der Waals surface area contributed by atoms with Crippen molar-refractivity contribution in [2.75, 3.05) is 0 Å². The summed E-state index contributed by atoms with van der Waals surface area (Å²) in [5.41, 5.74) is 1.95. The van der Waals surface area contributed by atoms with Gasteiger partial charge in [0.15, 0.2) is 0 Å². The third-order valence-corrected chi connectivity index (χ3v) is 3.77. The fourth-order valence-electron chi connectivity index (χ4n) is 2.21. The predicted octanol–water partition coefficient (Wildman–Crippen LogP) is 2.31. The minimum atomic E-state index is -0.370. The molecule has 98 valence electrons. The van der Waals surface area contributed by atoms with Crippen LogP contribution in [0.15, 0.2) is 6.33 Å². The Morgan fingerprint density at radius 1 is 1.56 bits per heavy atom. The Hall–Kier alpha value is -1.34. The van der Waals surface area contributed by atoms with Gasteiger partial charge in [0.05, 0.1) is 18.1 Å². The van der Waals surface area contributed by atoms with Crippen LogP contribution in [0.5, 0.6) is 0 Å². The van der Waals surface area contributed by atoms with Crippen molar-refractivity contribution in [3.63, 3.8) is 0 Å². The number of aryl methyl sites for hydroxylation is 2. The van der Waals surface area contributed by atoms with Crippen molar-refractivity contribution in [1.29, 1.82) is 5.26 Å². The highest BCUT2D eigenvalue weighted by Gasteiger charge is 2.31. The molecule has 1 aromatic rings. The molecule has 4 heteroatoms. The van der Waals surface area contributed by atoms with Crippen molar-refractivity contribution in [1.82, 2.24) is 14.9 Å². The Bertz CT molecular complexity index is 453. The first-order valence-corrected chi connectivity index (χ1v) is 6.71. The fourth-order valence-corrected chi connectivity index (χ4v) is 2.21. The van der Waals surface area contributed by atoms with Gasteiger partial charge in [-0.15, -0.1) is 0 Å². The molecule has 2 rings (SSSR count). The molecule has 1 atom stereocenters. The van der Waals surface area contributed by atoms with E-state index in [-0.39, 0.29) is 5.54 Å². The monoisotopic (exact) mass is 246 g/mol. The average molecular weight is 246 g/mol. The average Bonchev–Trinajstić information content (AvgIpc) is 3.10. The normalized spacial score (nSPS) is 18.3. The van der Waals surface area contributed by atoms with Gasteiger partial charge in [-0.1, -0.05) is 0 Å². The minimum Gasteiger partial charge on any atom is -0.335 e. The smallest absolute Gasteiger partial charge is 0.104 e. The summed E-state index contributed by atoms with van der Waals surface area (Å²) in [6, 6.07) is 3.00. The van der Waals surface area contributed by atoms with E-state index >= 15 is 0 Å². The van der Waals surface area contributed by atoms with Gasteiger partial charge in [0.2, 0.25) is 0 Å². The highest BCUT2D eigenvalue weighted by Crippen LogP contribution is 2.24. The quantitative estimate of drug-likeness (QED) is 0.838.